The number of piperazine rings is 2. The van der Waals surface area contributed by atoms with E-state index in [1.165, 1.54) is 36.7 Å². The largest absolute Gasteiger partial charge is 0.368 e. The van der Waals surface area contributed by atoms with Crippen LogP contribution in [-0.2, 0) is 0 Å². The Labute approximate surface area is 424 Å². The lowest BCUT2D eigenvalue weighted by Crippen LogP contribution is -2.54. The van der Waals surface area contributed by atoms with Gasteiger partial charge in [0.25, 0.3) is 11.4 Å². The van der Waals surface area contributed by atoms with Gasteiger partial charge in [-0.15, -0.1) is 0 Å². The average Bonchev–Trinajstić information content (AvgIpc) is 3.31. The second kappa shape index (κ2) is 22.1. The molecular formula is C46H50Cl4N16O4. The SMILES string of the molecule is CC1CN(c2cnc(N(CCNc3ccc([N+](=O)[O-])cn3)N(CCNc3ccc([N+](=O)[O-])cn3)c3ncc(N4CC(C)NC(C)C4)c(-c4ccc(Cl)cc4Cl)n3)nc2-c2ccc(Cl)cc2Cl)CC(C)N1. The summed E-state index contributed by atoms with van der Waals surface area (Å²) in [7, 11) is 0. The van der Waals surface area contributed by atoms with Crippen molar-refractivity contribution in [2.75, 3.05) is 82.8 Å². The smallest absolute Gasteiger partial charge is 0.287 e. The van der Waals surface area contributed by atoms with Crippen LogP contribution in [-0.4, -0.2) is 116 Å². The van der Waals surface area contributed by atoms with E-state index >= 15 is 0 Å². The second-order valence-corrected chi connectivity index (χ2v) is 18.9. The molecule has 2 fully saturated rings. The molecule has 6 heterocycles. The standard InChI is InChI=1S/C46H50Cl4N16O4/c1-27-23-61(24-28(2)57-27)39-21-55-45(59-43(39)35-9-5-31(47)17-37(35)49)63(15-13-51-41-11-7-33(19-53-41)65(67)68)64(16-14-52-42-12-8-34(20-54-42)66(69)70)46-56-22-40(62-25-29(3)58-30(4)26-62)44(60-46)36-10-6-32(48)18-38(36)50/h5-12,17-22,27-30,57-58H,13-16,23-26H2,1-4H3,(H,51,53)(H,52,54). The molecule has 4 atom stereocenters. The summed E-state index contributed by atoms with van der Waals surface area (Å²) < 4.78 is 0. The molecule has 2 aliphatic rings. The second-order valence-electron chi connectivity index (χ2n) is 17.2. The fourth-order valence-corrected chi connectivity index (χ4v) is 9.68. The van der Waals surface area contributed by atoms with Gasteiger partial charge in [-0.3, -0.25) is 20.2 Å². The average molecular weight is 1030 g/mol. The lowest BCUT2D eigenvalue weighted by Gasteiger charge is -2.39. The van der Waals surface area contributed by atoms with E-state index in [-0.39, 0.29) is 73.6 Å². The lowest BCUT2D eigenvalue weighted by atomic mass is 10.1. The molecule has 2 saturated heterocycles. The van der Waals surface area contributed by atoms with Crippen LogP contribution in [0.5, 0.6) is 0 Å². The number of hydrogen-bond donors (Lipinski definition) is 4. The van der Waals surface area contributed by atoms with Crippen molar-refractivity contribution >= 4 is 92.7 Å². The molecule has 24 heteroatoms. The molecule has 20 nitrogen and oxygen atoms in total. The number of nitrogens with zero attached hydrogens (tertiary/aromatic N) is 12. The predicted molar refractivity (Wildman–Crippen MR) is 277 cm³/mol. The Morgan fingerprint density at radius 2 is 0.971 bits per heavy atom. The zero-order valence-electron chi connectivity index (χ0n) is 38.6. The number of benzene rings is 2. The number of nitrogens with one attached hydrogen (secondary N) is 4. The van der Waals surface area contributed by atoms with Crippen molar-refractivity contribution in [3.05, 3.63) is 126 Å². The summed E-state index contributed by atoms with van der Waals surface area (Å²) >= 11 is 26.9. The van der Waals surface area contributed by atoms with Crippen LogP contribution in [0.25, 0.3) is 22.5 Å². The van der Waals surface area contributed by atoms with E-state index in [2.05, 4.69) is 68.7 Å². The third kappa shape index (κ3) is 11.9. The van der Waals surface area contributed by atoms with Gasteiger partial charge in [-0.05, 0) is 76.2 Å². The highest BCUT2D eigenvalue weighted by Gasteiger charge is 2.31. The van der Waals surface area contributed by atoms with Crippen LogP contribution in [0.2, 0.25) is 20.1 Å². The molecule has 0 saturated carbocycles. The Bertz CT molecular complexity index is 2620. The molecule has 2 aromatic carbocycles. The number of halogens is 4. The van der Waals surface area contributed by atoms with Crippen molar-refractivity contribution in [3.63, 3.8) is 0 Å². The van der Waals surface area contributed by atoms with Crippen LogP contribution in [0.4, 0.5) is 46.3 Å². The zero-order chi connectivity index (χ0) is 49.6. The van der Waals surface area contributed by atoms with E-state index in [9.17, 15) is 20.2 Å². The van der Waals surface area contributed by atoms with Crippen molar-refractivity contribution in [3.8, 4) is 22.5 Å². The minimum absolute atomic E-state index is 0.148. The molecule has 8 rings (SSSR count). The van der Waals surface area contributed by atoms with Crippen LogP contribution in [0.15, 0.2) is 85.5 Å². The Balaban J connectivity index is 1.28. The summed E-state index contributed by atoms with van der Waals surface area (Å²) in [4.78, 5) is 55.7. The van der Waals surface area contributed by atoms with Gasteiger partial charge in [-0.25, -0.2) is 39.9 Å². The molecule has 4 unspecified atom stereocenters. The quantitative estimate of drug-likeness (QED) is 0.0495. The van der Waals surface area contributed by atoms with E-state index < -0.39 is 9.85 Å². The van der Waals surface area contributed by atoms with Gasteiger partial charge in [0, 0.05) is 96.7 Å². The molecule has 0 amide bonds. The monoisotopic (exact) mass is 1030 g/mol. The van der Waals surface area contributed by atoms with E-state index in [1.54, 1.807) is 36.7 Å². The Morgan fingerprint density at radius 3 is 1.30 bits per heavy atom. The van der Waals surface area contributed by atoms with E-state index in [4.69, 9.17) is 66.3 Å². The maximum absolute atomic E-state index is 11.4. The first kappa shape index (κ1) is 50.0. The lowest BCUT2D eigenvalue weighted by molar-refractivity contribution is -0.385. The number of pyridine rings is 2. The first-order chi connectivity index (χ1) is 33.6. The van der Waals surface area contributed by atoms with Crippen LogP contribution in [0.1, 0.15) is 27.7 Å². The van der Waals surface area contributed by atoms with Crippen molar-refractivity contribution in [2.24, 2.45) is 0 Å². The van der Waals surface area contributed by atoms with Crippen LogP contribution >= 0.6 is 46.4 Å². The highest BCUT2D eigenvalue weighted by molar-refractivity contribution is 6.37. The molecule has 6 aromatic rings. The third-order valence-corrected chi connectivity index (χ3v) is 12.7. The number of nitro groups is 2. The molecule has 0 aliphatic carbocycles. The van der Waals surface area contributed by atoms with Crippen molar-refractivity contribution < 1.29 is 9.85 Å². The van der Waals surface area contributed by atoms with E-state index in [0.717, 1.165) is 11.4 Å². The van der Waals surface area contributed by atoms with Crippen molar-refractivity contribution in [2.45, 2.75) is 51.9 Å². The predicted octanol–water partition coefficient (Wildman–Crippen LogP) is 8.65. The Kier molecular flexibility index (Phi) is 15.8. The number of rotatable bonds is 17. The first-order valence-corrected chi connectivity index (χ1v) is 24.0. The fraction of sp³-hybridized carbons (Fsp3) is 0.348. The summed E-state index contributed by atoms with van der Waals surface area (Å²) in [6.45, 7) is 12.0. The zero-order valence-corrected chi connectivity index (χ0v) is 41.6. The third-order valence-electron chi connectivity index (χ3n) is 11.6. The topological polar surface area (TPSA) is 225 Å². The maximum Gasteiger partial charge on any atom is 0.287 e. The Hall–Kier alpha value is -6.42. The maximum atomic E-state index is 11.4. The fourth-order valence-electron chi connectivity index (χ4n) is 8.68. The van der Waals surface area contributed by atoms with Gasteiger partial charge in [0.2, 0.25) is 11.9 Å². The van der Waals surface area contributed by atoms with Gasteiger partial charge in [0.05, 0.1) is 56.7 Å². The molecule has 0 radical (unpaired) electrons. The minimum atomic E-state index is -0.510. The van der Waals surface area contributed by atoms with E-state index in [0.29, 0.717) is 80.4 Å². The van der Waals surface area contributed by atoms with Crippen LogP contribution in [0.3, 0.4) is 0 Å². The Morgan fingerprint density at radius 1 is 0.586 bits per heavy atom. The van der Waals surface area contributed by atoms with Crippen LogP contribution in [0, 0.1) is 20.2 Å². The summed E-state index contributed by atoms with van der Waals surface area (Å²) in [5, 5.41) is 42.0. The molecule has 4 aromatic heterocycles. The van der Waals surface area contributed by atoms with Crippen molar-refractivity contribution in [1.82, 2.24) is 40.5 Å². The molecule has 4 N–H and O–H groups in total. The minimum Gasteiger partial charge on any atom is -0.368 e. The first-order valence-electron chi connectivity index (χ1n) is 22.5. The van der Waals surface area contributed by atoms with Crippen LogP contribution < -0.4 is 41.1 Å². The summed E-state index contributed by atoms with van der Waals surface area (Å²) in [5.41, 5.74) is 3.61. The molecular weight excluding hydrogens is 982 g/mol. The highest BCUT2D eigenvalue weighted by Crippen LogP contribution is 2.39. The normalized spacial score (nSPS) is 18.1. The van der Waals surface area contributed by atoms with Gasteiger partial charge in [-0.2, -0.15) is 0 Å². The summed E-state index contributed by atoms with van der Waals surface area (Å²) in [6, 6.07) is 17.0. The van der Waals surface area contributed by atoms with Gasteiger partial charge in [-0.1, -0.05) is 46.4 Å². The van der Waals surface area contributed by atoms with Gasteiger partial charge in [0.15, 0.2) is 0 Å². The number of hydrazine groups is 1. The summed E-state index contributed by atoms with van der Waals surface area (Å²) in [5.74, 6) is 1.29. The number of aromatic nitrogens is 6. The highest BCUT2D eigenvalue weighted by atomic mass is 35.5. The molecule has 70 heavy (non-hydrogen) atoms. The molecule has 0 spiro atoms. The van der Waals surface area contributed by atoms with Gasteiger partial charge >= 0.3 is 0 Å². The molecule has 366 valence electrons. The number of hydrogen-bond acceptors (Lipinski definition) is 18. The van der Waals surface area contributed by atoms with Crippen molar-refractivity contribution in [1.29, 1.82) is 0 Å². The molecule has 0 bridgehead atoms. The van der Waals surface area contributed by atoms with Gasteiger partial charge in [0.1, 0.15) is 35.4 Å². The number of anilines is 6. The van der Waals surface area contributed by atoms with E-state index in [1.807, 2.05) is 22.2 Å². The van der Waals surface area contributed by atoms with Gasteiger partial charge < -0.3 is 31.1 Å². The molecule has 2 aliphatic heterocycles. The summed E-state index contributed by atoms with van der Waals surface area (Å²) in [6.07, 6.45) is 5.95.